The Labute approximate surface area is 134 Å². The average molecular weight is 303 g/mol. The van der Waals surface area contributed by atoms with E-state index in [9.17, 15) is 4.79 Å². The van der Waals surface area contributed by atoms with Crippen LogP contribution < -0.4 is 0 Å². The summed E-state index contributed by atoms with van der Waals surface area (Å²) in [5, 5.41) is 0. The Morgan fingerprint density at radius 2 is 1.95 bits per heavy atom. The first-order chi connectivity index (χ1) is 10.7. The molecule has 3 nitrogen and oxygen atoms in total. The first kappa shape index (κ1) is 18.4. The standard InChI is InChI=1S/C19H29NO2/c1-3-4-5-6-10-15-20-17(2)12-11-16-22-19(21)18-13-8-7-9-14-18/h7-9,13-15,17H,3-6,10-12,16H2,1-2H3. The number of unbranched alkanes of at least 4 members (excludes halogenated alkanes) is 4. The molecule has 0 aliphatic heterocycles. The van der Waals surface area contributed by atoms with Crippen molar-refractivity contribution in [3.05, 3.63) is 35.9 Å². The molecule has 0 saturated carbocycles. The molecule has 0 spiro atoms. The van der Waals surface area contributed by atoms with Crippen molar-refractivity contribution in [2.24, 2.45) is 4.99 Å². The zero-order valence-corrected chi connectivity index (χ0v) is 14.0. The van der Waals surface area contributed by atoms with Crippen LogP contribution in [0.4, 0.5) is 0 Å². The molecule has 1 unspecified atom stereocenters. The quantitative estimate of drug-likeness (QED) is 0.326. The van der Waals surface area contributed by atoms with Crippen LogP contribution >= 0.6 is 0 Å². The second-order valence-corrected chi connectivity index (χ2v) is 5.67. The van der Waals surface area contributed by atoms with Gasteiger partial charge in [-0.15, -0.1) is 0 Å². The molecule has 0 fully saturated rings. The molecule has 1 rings (SSSR count). The highest BCUT2D eigenvalue weighted by atomic mass is 16.5. The Bertz CT molecular complexity index is 428. The molecule has 0 aliphatic carbocycles. The third kappa shape index (κ3) is 8.60. The highest BCUT2D eigenvalue weighted by Crippen LogP contribution is 2.06. The first-order valence-corrected chi connectivity index (χ1v) is 8.47. The predicted molar refractivity (Wildman–Crippen MR) is 92.7 cm³/mol. The van der Waals surface area contributed by atoms with E-state index in [0.717, 1.165) is 19.3 Å². The fourth-order valence-corrected chi connectivity index (χ4v) is 2.19. The third-order valence-corrected chi connectivity index (χ3v) is 3.56. The zero-order chi connectivity index (χ0) is 16.0. The van der Waals surface area contributed by atoms with Crippen LogP contribution in [0, 0.1) is 0 Å². The Balaban J connectivity index is 2.06. The number of aliphatic imine (C=N–C) groups is 1. The number of hydrogen-bond acceptors (Lipinski definition) is 3. The number of hydrogen-bond donors (Lipinski definition) is 0. The van der Waals surface area contributed by atoms with Crippen molar-refractivity contribution in [1.82, 2.24) is 0 Å². The molecule has 0 aliphatic rings. The lowest BCUT2D eigenvalue weighted by Gasteiger charge is -2.07. The second-order valence-electron chi connectivity index (χ2n) is 5.67. The van der Waals surface area contributed by atoms with E-state index in [1.54, 1.807) is 12.1 Å². The van der Waals surface area contributed by atoms with Crippen molar-refractivity contribution in [1.29, 1.82) is 0 Å². The van der Waals surface area contributed by atoms with Gasteiger partial charge in [-0.3, -0.25) is 4.99 Å². The van der Waals surface area contributed by atoms with Gasteiger partial charge in [0.2, 0.25) is 0 Å². The minimum Gasteiger partial charge on any atom is -0.462 e. The van der Waals surface area contributed by atoms with E-state index in [0.29, 0.717) is 18.2 Å². The summed E-state index contributed by atoms with van der Waals surface area (Å²) in [6.45, 7) is 4.80. The summed E-state index contributed by atoms with van der Waals surface area (Å²) in [6, 6.07) is 9.42. The average Bonchev–Trinajstić information content (AvgIpc) is 2.55. The van der Waals surface area contributed by atoms with Crippen LogP contribution in [-0.2, 0) is 4.74 Å². The maximum absolute atomic E-state index is 11.7. The summed E-state index contributed by atoms with van der Waals surface area (Å²) >= 11 is 0. The molecular weight excluding hydrogens is 274 g/mol. The molecule has 3 heteroatoms. The van der Waals surface area contributed by atoms with Crippen LogP contribution in [0.3, 0.4) is 0 Å². The molecule has 0 bridgehead atoms. The van der Waals surface area contributed by atoms with Gasteiger partial charge in [0.25, 0.3) is 0 Å². The zero-order valence-electron chi connectivity index (χ0n) is 14.0. The predicted octanol–water partition coefficient (Wildman–Crippen LogP) is 5.05. The Morgan fingerprint density at radius 1 is 1.18 bits per heavy atom. The van der Waals surface area contributed by atoms with Crippen LogP contribution in [0.25, 0.3) is 0 Å². The van der Waals surface area contributed by atoms with Crippen molar-refractivity contribution in [2.45, 2.75) is 64.8 Å². The molecular formula is C19H29NO2. The smallest absolute Gasteiger partial charge is 0.338 e. The lowest BCUT2D eigenvalue weighted by atomic mass is 10.1. The first-order valence-electron chi connectivity index (χ1n) is 8.47. The maximum atomic E-state index is 11.7. The topological polar surface area (TPSA) is 38.7 Å². The highest BCUT2D eigenvalue weighted by molar-refractivity contribution is 5.89. The number of carbonyl (C=O) groups excluding carboxylic acids is 1. The molecule has 0 heterocycles. The number of ether oxygens (including phenoxy) is 1. The van der Waals surface area contributed by atoms with Gasteiger partial charge in [-0.1, -0.05) is 44.4 Å². The van der Waals surface area contributed by atoms with Gasteiger partial charge in [0.05, 0.1) is 12.2 Å². The lowest BCUT2D eigenvalue weighted by molar-refractivity contribution is 0.0497. The van der Waals surface area contributed by atoms with E-state index in [1.165, 1.54) is 25.7 Å². The van der Waals surface area contributed by atoms with E-state index in [1.807, 2.05) is 18.2 Å². The molecule has 22 heavy (non-hydrogen) atoms. The van der Waals surface area contributed by atoms with Gasteiger partial charge in [0.15, 0.2) is 0 Å². The SMILES string of the molecule is CCCCCCC=NC(C)CCCOC(=O)c1ccccc1. The maximum Gasteiger partial charge on any atom is 0.338 e. The number of rotatable bonds is 11. The van der Waals surface area contributed by atoms with Crippen LogP contribution in [0.15, 0.2) is 35.3 Å². The highest BCUT2D eigenvalue weighted by Gasteiger charge is 2.06. The van der Waals surface area contributed by atoms with E-state index >= 15 is 0 Å². The molecule has 0 aromatic heterocycles. The van der Waals surface area contributed by atoms with Gasteiger partial charge < -0.3 is 4.74 Å². The van der Waals surface area contributed by atoms with Gasteiger partial charge in [0.1, 0.15) is 0 Å². The number of esters is 1. The molecule has 0 amide bonds. The van der Waals surface area contributed by atoms with Crippen molar-refractivity contribution < 1.29 is 9.53 Å². The normalized spacial score (nSPS) is 12.5. The molecule has 122 valence electrons. The Hall–Kier alpha value is -1.64. The number of carbonyl (C=O) groups is 1. The van der Waals surface area contributed by atoms with Gasteiger partial charge in [-0.05, 0) is 51.0 Å². The number of nitrogens with zero attached hydrogens (tertiary/aromatic N) is 1. The van der Waals surface area contributed by atoms with Crippen LogP contribution in [0.2, 0.25) is 0 Å². The van der Waals surface area contributed by atoms with Crippen LogP contribution in [0.5, 0.6) is 0 Å². The van der Waals surface area contributed by atoms with Gasteiger partial charge in [-0.2, -0.15) is 0 Å². The summed E-state index contributed by atoms with van der Waals surface area (Å²) in [5.41, 5.74) is 0.612. The molecule has 1 aromatic carbocycles. The Kier molecular flexibility index (Phi) is 10.0. The summed E-state index contributed by atoms with van der Waals surface area (Å²) in [5.74, 6) is -0.243. The second kappa shape index (κ2) is 12.0. The third-order valence-electron chi connectivity index (χ3n) is 3.56. The Morgan fingerprint density at radius 3 is 2.68 bits per heavy atom. The molecule has 0 saturated heterocycles. The molecule has 1 atom stereocenters. The van der Waals surface area contributed by atoms with E-state index in [4.69, 9.17) is 4.74 Å². The van der Waals surface area contributed by atoms with Gasteiger partial charge >= 0.3 is 5.97 Å². The van der Waals surface area contributed by atoms with E-state index < -0.39 is 0 Å². The summed E-state index contributed by atoms with van der Waals surface area (Å²) in [6.07, 6.45) is 10.1. The number of benzene rings is 1. The van der Waals surface area contributed by atoms with Gasteiger partial charge in [-0.25, -0.2) is 4.79 Å². The van der Waals surface area contributed by atoms with E-state index in [2.05, 4.69) is 25.1 Å². The molecule has 0 radical (unpaired) electrons. The van der Waals surface area contributed by atoms with Crippen molar-refractivity contribution in [3.63, 3.8) is 0 Å². The van der Waals surface area contributed by atoms with Crippen LogP contribution in [0.1, 0.15) is 69.2 Å². The summed E-state index contributed by atoms with van der Waals surface area (Å²) in [4.78, 5) is 16.3. The monoisotopic (exact) mass is 303 g/mol. The molecule has 1 aromatic rings. The lowest BCUT2D eigenvalue weighted by Crippen LogP contribution is -2.08. The van der Waals surface area contributed by atoms with Crippen molar-refractivity contribution >= 4 is 12.2 Å². The minimum atomic E-state index is -0.243. The summed E-state index contributed by atoms with van der Waals surface area (Å²) < 4.78 is 5.26. The fourth-order valence-electron chi connectivity index (χ4n) is 2.19. The van der Waals surface area contributed by atoms with E-state index in [-0.39, 0.29) is 5.97 Å². The van der Waals surface area contributed by atoms with Gasteiger partial charge in [0, 0.05) is 6.04 Å². The van der Waals surface area contributed by atoms with Crippen molar-refractivity contribution in [3.8, 4) is 0 Å². The molecule has 0 N–H and O–H groups in total. The fraction of sp³-hybridized carbons (Fsp3) is 0.579. The summed E-state index contributed by atoms with van der Waals surface area (Å²) in [7, 11) is 0. The van der Waals surface area contributed by atoms with Crippen LogP contribution in [-0.4, -0.2) is 24.8 Å². The van der Waals surface area contributed by atoms with Crippen molar-refractivity contribution in [2.75, 3.05) is 6.61 Å². The minimum absolute atomic E-state index is 0.243. The largest absolute Gasteiger partial charge is 0.462 e.